The summed E-state index contributed by atoms with van der Waals surface area (Å²) in [5, 5.41) is 15.8. The third-order valence-corrected chi connectivity index (χ3v) is 6.19. The minimum absolute atomic E-state index is 0.308. The molecule has 0 radical (unpaired) electrons. The maximum absolute atomic E-state index is 14.0. The molecule has 0 amide bonds. The molecule has 4 aromatic rings. The number of nitrogens with one attached hydrogen (secondary N) is 2. The van der Waals surface area contributed by atoms with Crippen LogP contribution in [-0.4, -0.2) is 47.7 Å². The molecule has 0 fully saturated rings. The Labute approximate surface area is 219 Å². The van der Waals surface area contributed by atoms with Crippen molar-refractivity contribution in [3.05, 3.63) is 71.8 Å². The molecular formula is C28H32F4N6. The van der Waals surface area contributed by atoms with Gasteiger partial charge in [-0.25, -0.2) is 17.6 Å². The highest BCUT2D eigenvalue weighted by atomic mass is 19.1. The maximum Gasteiger partial charge on any atom is 0.126 e. The van der Waals surface area contributed by atoms with E-state index < -0.39 is 23.3 Å². The molecule has 1 aromatic heterocycles. The monoisotopic (exact) mass is 528 g/mol. The number of rotatable bonds is 14. The second kappa shape index (κ2) is 13.5. The number of nitrogens with zero attached hydrogens (tertiary/aromatic N) is 3. The number of nitrogens with two attached hydrogens (primary N) is 1. The van der Waals surface area contributed by atoms with Gasteiger partial charge in [-0.2, -0.15) is 15.0 Å². The van der Waals surface area contributed by atoms with Gasteiger partial charge in [-0.3, -0.25) is 0 Å². The molecule has 3 aromatic carbocycles. The molecule has 0 aliphatic carbocycles. The molecule has 1 heterocycles. The largest absolute Gasteiger partial charge is 0.329 e. The Balaban J connectivity index is 1.48. The predicted molar refractivity (Wildman–Crippen MR) is 141 cm³/mol. The summed E-state index contributed by atoms with van der Waals surface area (Å²) in [6.45, 7) is 4.73. The summed E-state index contributed by atoms with van der Waals surface area (Å²) in [5.41, 5.74) is 7.84. The molecule has 6 nitrogen and oxygen atoms in total. The van der Waals surface area contributed by atoms with Gasteiger partial charge in [0.05, 0.1) is 6.54 Å². The van der Waals surface area contributed by atoms with Gasteiger partial charge in [-0.1, -0.05) is 25.0 Å². The zero-order chi connectivity index (χ0) is 26.9. The second-order valence-corrected chi connectivity index (χ2v) is 9.17. The predicted octanol–water partition coefficient (Wildman–Crippen LogP) is 5.02. The van der Waals surface area contributed by atoms with Gasteiger partial charge in [-0.05, 0) is 54.8 Å². The SMILES string of the molecule is NCCNCCNCCCCCCn1nc2c(-c3cc(F)cc(F)c3)ccc(-c3cc(F)cc(F)c3)c2n1. The maximum atomic E-state index is 14.0. The van der Waals surface area contributed by atoms with Crippen molar-refractivity contribution < 1.29 is 17.6 Å². The van der Waals surface area contributed by atoms with Crippen LogP contribution in [0, 0.1) is 23.3 Å². The minimum atomic E-state index is -0.710. The number of aryl methyl sites for hydroxylation is 1. The van der Waals surface area contributed by atoms with Crippen LogP contribution in [0.4, 0.5) is 17.6 Å². The molecule has 38 heavy (non-hydrogen) atoms. The summed E-state index contributed by atoms with van der Waals surface area (Å²) < 4.78 is 55.8. The quantitative estimate of drug-likeness (QED) is 0.158. The average Bonchev–Trinajstić information content (AvgIpc) is 3.29. The molecule has 0 spiro atoms. The number of fused-ring (bicyclic) bond motifs is 1. The van der Waals surface area contributed by atoms with Gasteiger partial charge in [0, 0.05) is 49.4 Å². The van der Waals surface area contributed by atoms with Crippen molar-refractivity contribution in [1.82, 2.24) is 25.6 Å². The molecule has 10 heteroatoms. The van der Waals surface area contributed by atoms with Crippen molar-refractivity contribution in [2.45, 2.75) is 32.2 Å². The number of halogens is 4. The first-order chi connectivity index (χ1) is 18.4. The van der Waals surface area contributed by atoms with Gasteiger partial charge < -0.3 is 16.4 Å². The van der Waals surface area contributed by atoms with Gasteiger partial charge in [0.15, 0.2) is 0 Å². The number of hydrogen-bond donors (Lipinski definition) is 3. The minimum Gasteiger partial charge on any atom is -0.329 e. The Morgan fingerprint density at radius 3 is 1.58 bits per heavy atom. The highest BCUT2D eigenvalue weighted by Gasteiger charge is 2.17. The van der Waals surface area contributed by atoms with E-state index in [1.807, 2.05) is 0 Å². The Morgan fingerprint density at radius 1 is 0.605 bits per heavy atom. The number of aromatic nitrogens is 3. The highest BCUT2D eigenvalue weighted by molar-refractivity contribution is 6.00. The summed E-state index contributed by atoms with van der Waals surface area (Å²) in [6, 6.07) is 9.78. The van der Waals surface area contributed by atoms with Crippen LogP contribution in [0.25, 0.3) is 33.3 Å². The number of hydrogen-bond acceptors (Lipinski definition) is 5. The normalized spacial score (nSPS) is 11.5. The first-order valence-electron chi connectivity index (χ1n) is 12.9. The van der Waals surface area contributed by atoms with Crippen LogP contribution in [0.2, 0.25) is 0 Å². The molecule has 4 rings (SSSR count). The molecular weight excluding hydrogens is 496 g/mol. The van der Waals surface area contributed by atoms with E-state index in [1.165, 1.54) is 24.3 Å². The van der Waals surface area contributed by atoms with E-state index in [9.17, 15) is 17.6 Å². The lowest BCUT2D eigenvalue weighted by molar-refractivity contribution is 0.487. The first kappa shape index (κ1) is 27.7. The average molecular weight is 529 g/mol. The first-order valence-corrected chi connectivity index (χ1v) is 12.9. The molecule has 0 saturated carbocycles. The molecule has 0 saturated heterocycles. The lowest BCUT2D eigenvalue weighted by Crippen LogP contribution is -2.31. The highest BCUT2D eigenvalue weighted by Crippen LogP contribution is 2.35. The molecule has 202 valence electrons. The van der Waals surface area contributed by atoms with E-state index in [0.717, 1.165) is 64.0 Å². The molecule has 0 bridgehead atoms. The Kier molecular flexibility index (Phi) is 9.80. The van der Waals surface area contributed by atoms with E-state index in [4.69, 9.17) is 5.73 Å². The molecule has 4 N–H and O–H groups in total. The topological polar surface area (TPSA) is 80.8 Å². The van der Waals surface area contributed by atoms with E-state index in [-0.39, 0.29) is 0 Å². The van der Waals surface area contributed by atoms with Gasteiger partial charge in [-0.15, -0.1) is 0 Å². The standard InChI is InChI=1S/C28H32F4N6/c29-21-13-19(14-22(30)17-21)25-5-6-26(20-15-23(31)18-24(32)16-20)28-27(25)36-38(37-28)12-4-2-1-3-8-34-10-11-35-9-7-33/h5-6,13-18,34-35H,1-4,7-12,33H2. The zero-order valence-corrected chi connectivity index (χ0v) is 21.1. The summed E-state index contributed by atoms with van der Waals surface area (Å²) in [7, 11) is 0. The van der Waals surface area contributed by atoms with Crippen LogP contribution in [0.5, 0.6) is 0 Å². The van der Waals surface area contributed by atoms with Crippen molar-refractivity contribution in [1.29, 1.82) is 0 Å². The third-order valence-electron chi connectivity index (χ3n) is 6.19. The van der Waals surface area contributed by atoms with Crippen molar-refractivity contribution in [2.75, 3.05) is 32.7 Å². The van der Waals surface area contributed by atoms with Crippen molar-refractivity contribution in [3.8, 4) is 22.3 Å². The summed E-state index contributed by atoms with van der Waals surface area (Å²) in [4.78, 5) is 1.55. The number of benzene rings is 3. The fraction of sp³-hybridized carbons (Fsp3) is 0.357. The summed E-state index contributed by atoms with van der Waals surface area (Å²) in [5.74, 6) is -2.84. The molecule has 0 unspecified atom stereocenters. The van der Waals surface area contributed by atoms with E-state index >= 15 is 0 Å². The van der Waals surface area contributed by atoms with Crippen LogP contribution in [0.1, 0.15) is 25.7 Å². The van der Waals surface area contributed by atoms with Gasteiger partial charge in [0.1, 0.15) is 34.3 Å². The van der Waals surface area contributed by atoms with Crippen molar-refractivity contribution >= 4 is 11.0 Å². The fourth-order valence-corrected chi connectivity index (χ4v) is 4.41. The Bertz CT molecular complexity index is 1230. The second-order valence-electron chi connectivity index (χ2n) is 9.17. The smallest absolute Gasteiger partial charge is 0.126 e. The van der Waals surface area contributed by atoms with Crippen LogP contribution in [0.3, 0.4) is 0 Å². The van der Waals surface area contributed by atoms with E-state index in [1.54, 1.807) is 16.9 Å². The lowest BCUT2D eigenvalue weighted by atomic mass is 9.97. The van der Waals surface area contributed by atoms with Gasteiger partial charge in [0.2, 0.25) is 0 Å². The number of unbranched alkanes of at least 4 members (excludes halogenated alkanes) is 3. The molecule has 0 aliphatic heterocycles. The van der Waals surface area contributed by atoms with Crippen LogP contribution >= 0.6 is 0 Å². The van der Waals surface area contributed by atoms with Gasteiger partial charge in [0.25, 0.3) is 0 Å². The molecule has 0 atom stereocenters. The van der Waals surface area contributed by atoms with Crippen LogP contribution < -0.4 is 16.4 Å². The summed E-state index contributed by atoms with van der Waals surface area (Å²) in [6.07, 6.45) is 3.92. The summed E-state index contributed by atoms with van der Waals surface area (Å²) >= 11 is 0. The van der Waals surface area contributed by atoms with E-state index in [2.05, 4.69) is 20.8 Å². The van der Waals surface area contributed by atoms with E-state index in [0.29, 0.717) is 46.4 Å². The Hall–Kier alpha value is -3.34. The lowest BCUT2D eigenvalue weighted by Gasteiger charge is -2.08. The Morgan fingerprint density at radius 2 is 1.08 bits per heavy atom. The fourth-order valence-electron chi connectivity index (χ4n) is 4.41. The third kappa shape index (κ3) is 7.37. The van der Waals surface area contributed by atoms with Crippen LogP contribution in [0.15, 0.2) is 48.5 Å². The van der Waals surface area contributed by atoms with Crippen molar-refractivity contribution in [3.63, 3.8) is 0 Å². The van der Waals surface area contributed by atoms with Gasteiger partial charge >= 0.3 is 0 Å². The molecule has 0 aliphatic rings. The zero-order valence-electron chi connectivity index (χ0n) is 21.1. The van der Waals surface area contributed by atoms with Crippen molar-refractivity contribution in [2.24, 2.45) is 5.73 Å². The van der Waals surface area contributed by atoms with Crippen LogP contribution in [-0.2, 0) is 6.54 Å².